The average Bonchev–Trinajstić information content (AvgIpc) is 2.64. The number of hydrogen-bond acceptors (Lipinski definition) is 4. The molecule has 0 aromatic heterocycles. The number of rotatable bonds is 3. The number of ether oxygens (including phenoxy) is 1. The Hall–Kier alpha value is -1.55. The summed E-state index contributed by atoms with van der Waals surface area (Å²) < 4.78 is 5.38. The van der Waals surface area contributed by atoms with Crippen LogP contribution in [0.1, 0.15) is 30.6 Å². The smallest absolute Gasteiger partial charge is 0.161 e. The van der Waals surface area contributed by atoms with Crippen molar-refractivity contribution >= 4 is 17.2 Å². The van der Waals surface area contributed by atoms with Crippen LogP contribution in [0.3, 0.4) is 0 Å². The van der Waals surface area contributed by atoms with Crippen molar-refractivity contribution in [1.82, 2.24) is 0 Å². The second kappa shape index (κ2) is 4.37. The SMILES string of the molecule is CC(=O)c1ccc(NC2(C)CCOC2)cc1N. The van der Waals surface area contributed by atoms with Crippen molar-refractivity contribution in [2.75, 3.05) is 24.3 Å². The molecule has 92 valence electrons. The molecule has 1 aliphatic rings. The third kappa shape index (κ3) is 2.58. The Bertz CT molecular complexity index is 437. The van der Waals surface area contributed by atoms with Crippen molar-refractivity contribution in [1.29, 1.82) is 0 Å². The van der Waals surface area contributed by atoms with Crippen LogP contribution in [0.5, 0.6) is 0 Å². The number of anilines is 2. The molecule has 1 aromatic rings. The lowest BCUT2D eigenvalue weighted by Gasteiger charge is -2.25. The van der Waals surface area contributed by atoms with E-state index in [1.807, 2.05) is 6.07 Å². The van der Waals surface area contributed by atoms with Crippen molar-refractivity contribution in [2.24, 2.45) is 0 Å². The van der Waals surface area contributed by atoms with E-state index >= 15 is 0 Å². The van der Waals surface area contributed by atoms with Crippen LogP contribution in [0, 0.1) is 0 Å². The molecule has 0 saturated carbocycles. The van der Waals surface area contributed by atoms with E-state index < -0.39 is 0 Å². The van der Waals surface area contributed by atoms with E-state index in [1.54, 1.807) is 12.1 Å². The Labute approximate surface area is 101 Å². The van der Waals surface area contributed by atoms with Gasteiger partial charge in [-0.15, -0.1) is 0 Å². The molecule has 3 N–H and O–H groups in total. The van der Waals surface area contributed by atoms with Gasteiger partial charge in [-0.2, -0.15) is 0 Å². The third-order valence-corrected chi connectivity index (χ3v) is 3.10. The molecule has 1 atom stereocenters. The third-order valence-electron chi connectivity index (χ3n) is 3.10. The van der Waals surface area contributed by atoms with E-state index in [9.17, 15) is 4.79 Å². The summed E-state index contributed by atoms with van der Waals surface area (Å²) >= 11 is 0. The molecule has 1 saturated heterocycles. The Balaban J connectivity index is 2.17. The largest absolute Gasteiger partial charge is 0.398 e. The minimum atomic E-state index is -0.0375. The molecule has 0 bridgehead atoms. The van der Waals surface area contributed by atoms with E-state index in [2.05, 4.69) is 12.2 Å². The maximum Gasteiger partial charge on any atom is 0.161 e. The number of hydrogen-bond donors (Lipinski definition) is 2. The molecule has 1 heterocycles. The first-order valence-corrected chi connectivity index (χ1v) is 5.77. The highest BCUT2D eigenvalue weighted by atomic mass is 16.5. The van der Waals surface area contributed by atoms with Gasteiger partial charge in [0.1, 0.15) is 0 Å². The molecule has 1 aliphatic heterocycles. The van der Waals surface area contributed by atoms with Gasteiger partial charge < -0.3 is 15.8 Å². The summed E-state index contributed by atoms with van der Waals surface area (Å²) in [4.78, 5) is 11.3. The van der Waals surface area contributed by atoms with Crippen LogP contribution in [0.4, 0.5) is 11.4 Å². The molecule has 0 spiro atoms. The van der Waals surface area contributed by atoms with Crippen molar-refractivity contribution in [2.45, 2.75) is 25.8 Å². The second-order valence-electron chi connectivity index (χ2n) is 4.85. The van der Waals surface area contributed by atoms with Gasteiger partial charge in [-0.25, -0.2) is 0 Å². The first kappa shape index (κ1) is 11.9. The number of carbonyl (C=O) groups is 1. The number of nitrogen functional groups attached to an aromatic ring is 1. The van der Waals surface area contributed by atoms with Gasteiger partial charge in [0.05, 0.1) is 12.1 Å². The highest BCUT2D eigenvalue weighted by molar-refractivity contribution is 5.99. The summed E-state index contributed by atoms with van der Waals surface area (Å²) in [5, 5.41) is 3.41. The molecule has 0 radical (unpaired) electrons. The molecular formula is C13H18N2O2. The number of nitrogens with two attached hydrogens (primary N) is 1. The quantitative estimate of drug-likeness (QED) is 0.620. The van der Waals surface area contributed by atoms with Gasteiger partial charge in [0.15, 0.2) is 5.78 Å². The highest BCUT2D eigenvalue weighted by Crippen LogP contribution is 2.26. The first-order valence-electron chi connectivity index (χ1n) is 5.77. The van der Waals surface area contributed by atoms with Gasteiger partial charge >= 0.3 is 0 Å². The number of benzene rings is 1. The fourth-order valence-corrected chi connectivity index (χ4v) is 2.08. The highest BCUT2D eigenvalue weighted by Gasteiger charge is 2.29. The van der Waals surface area contributed by atoms with Crippen LogP contribution in [0.2, 0.25) is 0 Å². The predicted molar refractivity (Wildman–Crippen MR) is 68.3 cm³/mol. The number of ketones is 1. The van der Waals surface area contributed by atoms with E-state index in [0.717, 1.165) is 18.7 Å². The first-order chi connectivity index (χ1) is 8.00. The monoisotopic (exact) mass is 234 g/mol. The zero-order valence-corrected chi connectivity index (χ0v) is 10.2. The average molecular weight is 234 g/mol. The molecule has 0 amide bonds. The van der Waals surface area contributed by atoms with Crippen molar-refractivity contribution in [3.63, 3.8) is 0 Å². The van der Waals surface area contributed by atoms with Crippen LogP contribution in [-0.2, 0) is 4.74 Å². The van der Waals surface area contributed by atoms with Crippen LogP contribution in [0.15, 0.2) is 18.2 Å². The molecular weight excluding hydrogens is 216 g/mol. The summed E-state index contributed by atoms with van der Waals surface area (Å²) in [6, 6.07) is 5.45. The number of Topliss-reactive ketones (excluding diaryl/α,β-unsaturated/α-hetero) is 1. The van der Waals surface area contributed by atoms with Crippen LogP contribution in [-0.4, -0.2) is 24.5 Å². The van der Waals surface area contributed by atoms with Crippen LogP contribution in [0.25, 0.3) is 0 Å². The van der Waals surface area contributed by atoms with Crippen LogP contribution < -0.4 is 11.1 Å². The Morgan fingerprint density at radius 2 is 2.29 bits per heavy atom. The lowest BCUT2D eigenvalue weighted by molar-refractivity contribution is 0.101. The van der Waals surface area contributed by atoms with E-state index in [4.69, 9.17) is 10.5 Å². The zero-order chi connectivity index (χ0) is 12.5. The molecule has 17 heavy (non-hydrogen) atoms. The summed E-state index contributed by atoms with van der Waals surface area (Å²) in [7, 11) is 0. The van der Waals surface area contributed by atoms with E-state index in [-0.39, 0.29) is 11.3 Å². The van der Waals surface area contributed by atoms with Gasteiger partial charge in [-0.1, -0.05) is 0 Å². The van der Waals surface area contributed by atoms with E-state index in [0.29, 0.717) is 17.9 Å². The minimum Gasteiger partial charge on any atom is -0.398 e. The molecule has 1 aromatic carbocycles. The Morgan fingerprint density at radius 3 is 2.82 bits per heavy atom. The summed E-state index contributed by atoms with van der Waals surface area (Å²) in [6.45, 7) is 5.12. The molecule has 1 unspecified atom stereocenters. The fourth-order valence-electron chi connectivity index (χ4n) is 2.08. The predicted octanol–water partition coefficient (Wildman–Crippen LogP) is 2.06. The van der Waals surface area contributed by atoms with Crippen LogP contribution >= 0.6 is 0 Å². The van der Waals surface area contributed by atoms with E-state index in [1.165, 1.54) is 6.92 Å². The normalized spacial score (nSPS) is 23.6. The minimum absolute atomic E-state index is 0.00976. The lowest BCUT2D eigenvalue weighted by atomic mass is 10.0. The zero-order valence-electron chi connectivity index (χ0n) is 10.2. The maximum absolute atomic E-state index is 11.3. The maximum atomic E-state index is 11.3. The topological polar surface area (TPSA) is 64.3 Å². The molecule has 0 aliphatic carbocycles. The van der Waals surface area contributed by atoms with Crippen molar-refractivity contribution in [3.05, 3.63) is 23.8 Å². The molecule has 2 rings (SSSR count). The van der Waals surface area contributed by atoms with Gasteiger partial charge in [-0.05, 0) is 38.5 Å². The van der Waals surface area contributed by atoms with Gasteiger partial charge in [0.25, 0.3) is 0 Å². The molecule has 4 heteroatoms. The summed E-state index contributed by atoms with van der Waals surface area (Å²) in [6.07, 6.45) is 0.974. The number of nitrogens with one attached hydrogen (secondary N) is 1. The Morgan fingerprint density at radius 1 is 1.53 bits per heavy atom. The van der Waals surface area contributed by atoms with Gasteiger partial charge in [0.2, 0.25) is 0 Å². The summed E-state index contributed by atoms with van der Waals surface area (Å²) in [5.74, 6) is -0.00976. The standard InChI is InChI=1S/C13H18N2O2/c1-9(16)11-4-3-10(7-12(11)14)15-13(2)5-6-17-8-13/h3-4,7,15H,5-6,8,14H2,1-2H3. The molecule has 4 nitrogen and oxygen atoms in total. The summed E-state index contributed by atoms with van der Waals surface area (Å²) in [5.41, 5.74) is 7.83. The fraction of sp³-hybridized carbons (Fsp3) is 0.462. The van der Waals surface area contributed by atoms with Crippen molar-refractivity contribution < 1.29 is 9.53 Å². The Kier molecular flexibility index (Phi) is 3.07. The van der Waals surface area contributed by atoms with Crippen molar-refractivity contribution in [3.8, 4) is 0 Å². The molecule has 1 fully saturated rings. The lowest BCUT2D eigenvalue weighted by Crippen LogP contribution is -2.34. The second-order valence-corrected chi connectivity index (χ2v) is 4.85. The van der Waals surface area contributed by atoms with Gasteiger partial charge in [-0.3, -0.25) is 4.79 Å². The van der Waals surface area contributed by atoms with Gasteiger partial charge in [0, 0.05) is 23.5 Å². The number of carbonyl (C=O) groups excluding carboxylic acids is 1.